The summed E-state index contributed by atoms with van der Waals surface area (Å²) in [5.41, 5.74) is 3.87. The summed E-state index contributed by atoms with van der Waals surface area (Å²) in [7, 11) is 1.46. The molecule has 1 heterocycles. The molecule has 7 heteroatoms. The molecule has 0 bridgehead atoms. The van der Waals surface area contributed by atoms with Crippen molar-refractivity contribution in [3.63, 3.8) is 0 Å². The van der Waals surface area contributed by atoms with Crippen LogP contribution in [0, 0.1) is 6.92 Å². The van der Waals surface area contributed by atoms with Crippen molar-refractivity contribution >= 4 is 56.3 Å². The fourth-order valence-corrected chi connectivity index (χ4v) is 4.59. The largest absolute Gasteiger partial charge is 0.494 e. The normalized spacial score (nSPS) is 10.9. The molecule has 0 aliphatic rings. The molecular weight excluding hydrogens is 427 g/mol. The van der Waals surface area contributed by atoms with Crippen LogP contribution in [-0.4, -0.2) is 18.0 Å². The zero-order chi connectivity index (χ0) is 20.5. The van der Waals surface area contributed by atoms with Crippen molar-refractivity contribution in [1.29, 1.82) is 0 Å². The molecule has 1 amide bonds. The Morgan fingerprint density at radius 3 is 2.62 bits per heavy atom. The third-order valence-corrected chi connectivity index (χ3v) is 6.06. The Hall–Kier alpha value is -2.60. The molecule has 0 unspecified atom stereocenters. The minimum Gasteiger partial charge on any atom is -0.494 e. The van der Waals surface area contributed by atoms with E-state index >= 15 is 0 Å². The van der Waals surface area contributed by atoms with E-state index in [0.29, 0.717) is 10.7 Å². The van der Waals surface area contributed by atoms with Crippen LogP contribution in [0.25, 0.3) is 20.8 Å². The van der Waals surface area contributed by atoms with E-state index in [4.69, 9.17) is 27.9 Å². The number of nitrogens with zero attached hydrogens (tertiary/aromatic N) is 1. The van der Waals surface area contributed by atoms with E-state index in [9.17, 15) is 4.79 Å². The molecule has 0 fully saturated rings. The molecule has 1 N–H and O–H groups in total. The maximum Gasteiger partial charge on any atom is 0.259 e. The lowest BCUT2D eigenvalue weighted by atomic mass is 10.1. The van der Waals surface area contributed by atoms with Gasteiger partial charge in [-0.05, 0) is 55.0 Å². The number of ether oxygens (including phenoxy) is 1. The predicted molar refractivity (Wildman–Crippen MR) is 121 cm³/mol. The van der Waals surface area contributed by atoms with Crippen LogP contribution in [0.3, 0.4) is 0 Å². The summed E-state index contributed by atoms with van der Waals surface area (Å²) in [6.45, 7) is 1.94. The molecule has 3 aromatic carbocycles. The van der Waals surface area contributed by atoms with E-state index in [1.807, 2.05) is 43.3 Å². The molecule has 0 spiro atoms. The van der Waals surface area contributed by atoms with Gasteiger partial charge >= 0.3 is 0 Å². The topological polar surface area (TPSA) is 51.2 Å². The Bertz CT molecular complexity index is 1200. The van der Waals surface area contributed by atoms with E-state index in [0.717, 1.165) is 26.4 Å². The Kier molecular flexibility index (Phi) is 5.46. The second-order valence-corrected chi connectivity index (χ2v) is 8.31. The highest BCUT2D eigenvalue weighted by Gasteiger charge is 2.18. The maximum absolute atomic E-state index is 12.8. The van der Waals surface area contributed by atoms with Crippen LogP contribution in [0.5, 0.6) is 5.75 Å². The smallest absolute Gasteiger partial charge is 0.259 e. The predicted octanol–water partition coefficient (Wildman–Crippen LogP) is 6.84. The first kappa shape index (κ1) is 19.7. The molecule has 4 aromatic rings. The fourth-order valence-electron chi connectivity index (χ4n) is 3.06. The van der Waals surface area contributed by atoms with Gasteiger partial charge in [-0.2, -0.15) is 0 Å². The molecule has 0 atom stereocenters. The number of hydrogen-bond acceptors (Lipinski definition) is 4. The van der Waals surface area contributed by atoms with E-state index in [2.05, 4.69) is 16.4 Å². The first-order chi connectivity index (χ1) is 14.0. The third kappa shape index (κ3) is 3.94. The number of halogens is 2. The lowest BCUT2D eigenvalue weighted by molar-refractivity contribution is 0.102. The van der Waals surface area contributed by atoms with Crippen LogP contribution in [-0.2, 0) is 0 Å². The Labute approximate surface area is 182 Å². The standard InChI is InChI=1S/C22H16Cl2N2O2S/c1-12-9-13(22-26-18-5-3-4-6-19(18)29-22)7-8-17(12)25-21(27)15-10-14(23)11-16(24)20(15)28-2/h3-11H,1-2H3,(H,25,27). The highest BCUT2D eigenvalue weighted by molar-refractivity contribution is 7.21. The first-order valence-corrected chi connectivity index (χ1v) is 10.3. The van der Waals surface area contributed by atoms with Crippen LogP contribution in [0.2, 0.25) is 10.0 Å². The first-order valence-electron chi connectivity index (χ1n) is 8.77. The van der Waals surface area contributed by atoms with Crippen LogP contribution >= 0.6 is 34.5 Å². The van der Waals surface area contributed by atoms with Gasteiger partial charge in [-0.15, -0.1) is 11.3 Å². The molecule has 0 saturated heterocycles. The Morgan fingerprint density at radius 2 is 1.90 bits per heavy atom. The second kappa shape index (κ2) is 8.03. The van der Waals surface area contributed by atoms with E-state index < -0.39 is 0 Å². The highest BCUT2D eigenvalue weighted by Crippen LogP contribution is 2.34. The lowest BCUT2D eigenvalue weighted by Crippen LogP contribution is -2.14. The molecular formula is C22H16Cl2N2O2S. The van der Waals surface area contributed by atoms with Crippen LogP contribution in [0.1, 0.15) is 15.9 Å². The molecule has 1 aromatic heterocycles. The molecule has 146 valence electrons. The van der Waals surface area contributed by atoms with Crippen molar-refractivity contribution < 1.29 is 9.53 Å². The van der Waals surface area contributed by atoms with Gasteiger partial charge in [0, 0.05) is 16.3 Å². The quantitative estimate of drug-likeness (QED) is 0.376. The molecule has 4 rings (SSSR count). The van der Waals surface area contributed by atoms with Crippen molar-refractivity contribution in [2.24, 2.45) is 0 Å². The Balaban J connectivity index is 1.63. The van der Waals surface area contributed by atoms with E-state index in [-0.39, 0.29) is 22.2 Å². The van der Waals surface area contributed by atoms with E-state index in [1.165, 1.54) is 19.2 Å². The Morgan fingerprint density at radius 1 is 1.10 bits per heavy atom. The van der Waals surface area contributed by atoms with Gasteiger partial charge in [0.2, 0.25) is 0 Å². The van der Waals surface area contributed by atoms with Gasteiger partial charge in [0.05, 0.1) is 27.9 Å². The van der Waals surface area contributed by atoms with Crippen molar-refractivity contribution in [2.45, 2.75) is 6.92 Å². The summed E-state index contributed by atoms with van der Waals surface area (Å²) in [5.74, 6) is -0.0561. The number of thiazole rings is 1. The summed E-state index contributed by atoms with van der Waals surface area (Å²) >= 11 is 13.8. The summed E-state index contributed by atoms with van der Waals surface area (Å²) < 4.78 is 6.41. The summed E-state index contributed by atoms with van der Waals surface area (Å²) in [4.78, 5) is 17.5. The van der Waals surface area contributed by atoms with Gasteiger partial charge in [0.25, 0.3) is 5.91 Å². The number of carbonyl (C=O) groups is 1. The van der Waals surface area contributed by atoms with Crippen molar-refractivity contribution in [3.05, 3.63) is 75.8 Å². The number of anilines is 1. The number of fused-ring (bicyclic) bond motifs is 1. The van der Waals surface area contributed by atoms with Crippen LogP contribution in [0.15, 0.2) is 54.6 Å². The zero-order valence-electron chi connectivity index (χ0n) is 15.6. The molecule has 0 radical (unpaired) electrons. The van der Waals surface area contributed by atoms with Gasteiger partial charge < -0.3 is 10.1 Å². The summed E-state index contributed by atoms with van der Waals surface area (Å²) in [6.07, 6.45) is 0. The SMILES string of the molecule is COc1c(Cl)cc(Cl)cc1C(=O)Nc1ccc(-c2nc3ccccc3s2)cc1C. The van der Waals surface area contributed by atoms with Gasteiger partial charge in [0.15, 0.2) is 0 Å². The lowest BCUT2D eigenvalue weighted by Gasteiger charge is -2.13. The maximum atomic E-state index is 12.8. The molecule has 4 nitrogen and oxygen atoms in total. The number of aromatic nitrogens is 1. The second-order valence-electron chi connectivity index (χ2n) is 6.44. The number of benzene rings is 3. The number of amides is 1. The number of aryl methyl sites for hydroxylation is 1. The number of rotatable bonds is 4. The van der Waals surface area contributed by atoms with Crippen LogP contribution in [0.4, 0.5) is 5.69 Å². The number of para-hydroxylation sites is 1. The minimum atomic E-state index is -0.345. The average Bonchev–Trinajstić information content (AvgIpc) is 3.13. The minimum absolute atomic E-state index is 0.277. The number of nitrogens with one attached hydrogen (secondary N) is 1. The molecule has 0 saturated carbocycles. The number of carbonyl (C=O) groups excluding carboxylic acids is 1. The average molecular weight is 443 g/mol. The van der Waals surface area contributed by atoms with Gasteiger partial charge in [-0.1, -0.05) is 35.3 Å². The van der Waals surface area contributed by atoms with Gasteiger partial charge in [0.1, 0.15) is 10.8 Å². The fraction of sp³-hybridized carbons (Fsp3) is 0.0909. The van der Waals surface area contributed by atoms with E-state index in [1.54, 1.807) is 11.3 Å². The summed E-state index contributed by atoms with van der Waals surface area (Å²) in [5, 5.41) is 4.50. The number of hydrogen-bond donors (Lipinski definition) is 1. The zero-order valence-corrected chi connectivity index (χ0v) is 18.0. The highest BCUT2D eigenvalue weighted by atomic mass is 35.5. The molecule has 0 aliphatic carbocycles. The monoisotopic (exact) mass is 442 g/mol. The van der Waals surface area contributed by atoms with Crippen LogP contribution < -0.4 is 10.1 Å². The van der Waals surface area contributed by atoms with Gasteiger partial charge in [-0.3, -0.25) is 4.79 Å². The number of methoxy groups -OCH3 is 1. The third-order valence-electron chi connectivity index (χ3n) is 4.47. The van der Waals surface area contributed by atoms with Crippen molar-refractivity contribution in [2.75, 3.05) is 12.4 Å². The molecule has 29 heavy (non-hydrogen) atoms. The van der Waals surface area contributed by atoms with Crippen molar-refractivity contribution in [3.8, 4) is 16.3 Å². The molecule has 0 aliphatic heterocycles. The summed E-state index contributed by atoms with van der Waals surface area (Å²) in [6, 6.07) is 16.9. The van der Waals surface area contributed by atoms with Gasteiger partial charge in [-0.25, -0.2) is 4.98 Å². The van der Waals surface area contributed by atoms with Crippen molar-refractivity contribution in [1.82, 2.24) is 4.98 Å².